The van der Waals surface area contributed by atoms with Gasteiger partial charge in [-0.3, -0.25) is 0 Å². The molecule has 0 aromatic carbocycles. The molecule has 0 aromatic heterocycles. The number of hydrogen-bond acceptors (Lipinski definition) is 0. The van der Waals surface area contributed by atoms with E-state index in [1.165, 1.54) is 120 Å². The Morgan fingerprint density at radius 1 is 0.627 bits per heavy atom. The Kier molecular flexibility index (Phi) is 12.8. The molecular formula is C58H85F. The van der Waals surface area contributed by atoms with Crippen LogP contribution in [0.4, 0.5) is 4.39 Å². The predicted octanol–water partition coefficient (Wildman–Crippen LogP) is 16.6. The van der Waals surface area contributed by atoms with E-state index in [1.807, 2.05) is 11.1 Å². The van der Waals surface area contributed by atoms with Crippen LogP contribution in [0.15, 0.2) is 71.9 Å². The maximum atomic E-state index is 14.0. The molecule has 0 aliphatic heterocycles. The van der Waals surface area contributed by atoms with Crippen molar-refractivity contribution in [2.24, 2.45) is 101 Å². The molecule has 0 radical (unpaired) electrons. The van der Waals surface area contributed by atoms with Crippen LogP contribution < -0.4 is 0 Å². The lowest BCUT2D eigenvalue weighted by Gasteiger charge is -2.59. The van der Waals surface area contributed by atoms with Crippen LogP contribution in [0.5, 0.6) is 0 Å². The van der Waals surface area contributed by atoms with Crippen molar-refractivity contribution in [2.75, 3.05) is 0 Å². The molecule has 0 nitrogen and oxygen atoms in total. The summed E-state index contributed by atoms with van der Waals surface area (Å²) in [6, 6.07) is 0. The Balaban J connectivity index is 0.754. The van der Waals surface area contributed by atoms with Crippen molar-refractivity contribution in [3.63, 3.8) is 0 Å². The molecule has 59 heavy (non-hydrogen) atoms. The lowest BCUT2D eigenvalue weighted by molar-refractivity contribution is -0.0884. The molecule has 16 atom stereocenters. The molecule has 0 bridgehead atoms. The average Bonchev–Trinajstić information content (AvgIpc) is 3.28. The van der Waals surface area contributed by atoms with E-state index in [1.54, 1.807) is 32.1 Å². The third kappa shape index (κ3) is 8.22. The maximum absolute atomic E-state index is 14.0. The third-order valence-corrected chi connectivity index (χ3v) is 21.0. The van der Waals surface area contributed by atoms with Crippen molar-refractivity contribution in [2.45, 2.75) is 186 Å². The maximum Gasteiger partial charge on any atom is 0.104 e. The van der Waals surface area contributed by atoms with E-state index in [9.17, 15) is 4.39 Å². The molecule has 16 unspecified atom stereocenters. The average molecular weight is 801 g/mol. The first-order valence-corrected chi connectivity index (χ1v) is 26.6. The summed E-state index contributed by atoms with van der Waals surface area (Å²) in [5, 5.41) is 0. The number of rotatable bonds is 10. The molecule has 0 heterocycles. The zero-order valence-electron chi connectivity index (χ0n) is 37.7. The fourth-order valence-electron chi connectivity index (χ4n) is 18.5. The van der Waals surface area contributed by atoms with E-state index in [-0.39, 0.29) is 0 Å². The van der Waals surface area contributed by atoms with Crippen LogP contribution in [0.25, 0.3) is 0 Å². The molecule has 6 fully saturated rings. The molecule has 0 N–H and O–H groups in total. The minimum Gasteiger partial charge on any atom is -0.247 e. The lowest BCUT2D eigenvalue weighted by atomic mass is 9.46. The SMILES string of the molecule is C=CCC1CCC2C(C3CC=C(C4CCC=C(C5CCC(C6CCC7CCC8C=CCC9CCC6C7C89)CC5)C4)CC3)CCC(CC)C2C1C(=C)CC1=CCC(F)CC1. The van der Waals surface area contributed by atoms with Gasteiger partial charge >= 0.3 is 0 Å². The highest BCUT2D eigenvalue weighted by molar-refractivity contribution is 5.23. The Morgan fingerprint density at radius 3 is 2.17 bits per heavy atom. The van der Waals surface area contributed by atoms with E-state index < -0.39 is 6.17 Å². The molecule has 0 aromatic rings. The zero-order chi connectivity index (χ0) is 40.0. The summed E-state index contributed by atoms with van der Waals surface area (Å²) in [6.07, 6.45) is 51.2. The first kappa shape index (κ1) is 41.4. The Bertz CT molecular complexity index is 1610. The second-order valence-electron chi connectivity index (χ2n) is 23.4. The van der Waals surface area contributed by atoms with Gasteiger partial charge in [-0.25, -0.2) is 4.39 Å². The van der Waals surface area contributed by atoms with Crippen LogP contribution >= 0.6 is 0 Å². The van der Waals surface area contributed by atoms with Gasteiger partial charge in [0.2, 0.25) is 0 Å². The normalized spacial score (nSPS) is 47.1. The van der Waals surface area contributed by atoms with Gasteiger partial charge in [0.1, 0.15) is 6.17 Å². The molecule has 10 aliphatic rings. The summed E-state index contributed by atoms with van der Waals surface area (Å²) >= 11 is 0. The molecule has 1 heteroatoms. The van der Waals surface area contributed by atoms with Crippen LogP contribution in [0.3, 0.4) is 0 Å². The van der Waals surface area contributed by atoms with E-state index in [0.717, 1.165) is 108 Å². The number of halogens is 1. The van der Waals surface area contributed by atoms with Crippen LogP contribution in [0, 0.1) is 101 Å². The van der Waals surface area contributed by atoms with Gasteiger partial charge in [0.15, 0.2) is 0 Å². The summed E-state index contributed by atoms with van der Waals surface area (Å²) in [6.45, 7) is 11.6. The van der Waals surface area contributed by atoms with Crippen LogP contribution in [0.2, 0.25) is 0 Å². The highest BCUT2D eigenvalue weighted by atomic mass is 19.1. The Labute approximate surface area is 362 Å². The Hall–Kier alpha value is -1.63. The van der Waals surface area contributed by atoms with E-state index >= 15 is 0 Å². The summed E-state index contributed by atoms with van der Waals surface area (Å²) in [7, 11) is 0. The molecule has 10 aliphatic carbocycles. The number of allylic oxidation sites excluding steroid dienone is 10. The second-order valence-corrected chi connectivity index (χ2v) is 23.4. The van der Waals surface area contributed by atoms with Crippen molar-refractivity contribution in [1.29, 1.82) is 0 Å². The predicted molar refractivity (Wildman–Crippen MR) is 247 cm³/mol. The van der Waals surface area contributed by atoms with Gasteiger partial charge in [-0.15, -0.1) is 6.58 Å². The molecule has 10 rings (SSSR count). The van der Waals surface area contributed by atoms with E-state index in [0.29, 0.717) is 24.7 Å². The fourth-order valence-corrected chi connectivity index (χ4v) is 18.5. The van der Waals surface area contributed by atoms with Crippen LogP contribution in [-0.4, -0.2) is 6.17 Å². The van der Waals surface area contributed by atoms with Crippen molar-refractivity contribution in [3.05, 3.63) is 71.9 Å². The van der Waals surface area contributed by atoms with Gasteiger partial charge in [-0.1, -0.05) is 78.7 Å². The van der Waals surface area contributed by atoms with Crippen LogP contribution in [-0.2, 0) is 0 Å². The summed E-state index contributed by atoms with van der Waals surface area (Å²) < 4.78 is 14.0. The topological polar surface area (TPSA) is 0 Å². The quantitative estimate of drug-likeness (QED) is 0.193. The minimum absolute atomic E-state index is 0.615. The van der Waals surface area contributed by atoms with Crippen LogP contribution in [0.1, 0.15) is 180 Å². The van der Waals surface area contributed by atoms with Crippen molar-refractivity contribution < 1.29 is 4.39 Å². The Morgan fingerprint density at radius 2 is 1.37 bits per heavy atom. The fraction of sp³-hybridized carbons (Fsp3) is 0.793. The standard InChI is InChI=1S/C58H85F/c1-4-8-44-27-33-53-51(31-25-39(5-2)57(53)55(44)37(3)35-38-13-29-50(59)30-14-38)42-19-15-40(16-20-42)48-11-7-12-49(36-48)41-17-21-43(22-18-41)52-32-26-47-24-23-45-9-6-10-46-28-34-54(52)58(47)56(45)46/h4,6,9,12-13,15,39,41-48,50-58H,1,3,5,7-8,10-11,14,16-36H2,2H3. The number of hydrogen-bond donors (Lipinski definition) is 0. The third-order valence-electron chi connectivity index (χ3n) is 21.0. The van der Waals surface area contributed by atoms with E-state index in [2.05, 4.69) is 50.0 Å². The number of fused-ring (bicyclic) bond motifs is 1. The van der Waals surface area contributed by atoms with Gasteiger partial charge in [-0.2, -0.15) is 0 Å². The summed E-state index contributed by atoms with van der Waals surface area (Å²) in [5.74, 6) is 15.6. The first-order valence-electron chi connectivity index (χ1n) is 26.6. The van der Waals surface area contributed by atoms with Gasteiger partial charge in [0, 0.05) is 0 Å². The lowest BCUT2D eigenvalue weighted by Crippen LogP contribution is -2.52. The molecular weight excluding hydrogens is 716 g/mol. The highest BCUT2D eigenvalue weighted by Gasteiger charge is 2.54. The van der Waals surface area contributed by atoms with Gasteiger partial charge in [-0.05, 0) is 268 Å². The largest absolute Gasteiger partial charge is 0.247 e. The smallest absolute Gasteiger partial charge is 0.104 e. The van der Waals surface area contributed by atoms with Gasteiger partial charge < -0.3 is 0 Å². The molecule has 0 spiro atoms. The molecule has 0 amide bonds. The second kappa shape index (κ2) is 18.2. The van der Waals surface area contributed by atoms with E-state index in [4.69, 9.17) is 6.58 Å². The zero-order valence-corrected chi connectivity index (χ0v) is 37.7. The molecule has 324 valence electrons. The van der Waals surface area contributed by atoms with Crippen molar-refractivity contribution in [3.8, 4) is 0 Å². The number of alkyl halides is 1. The first-order chi connectivity index (χ1) is 29.0. The minimum atomic E-state index is -0.636. The summed E-state index contributed by atoms with van der Waals surface area (Å²) in [4.78, 5) is 0. The molecule has 0 saturated heterocycles. The van der Waals surface area contributed by atoms with Gasteiger partial charge in [0.05, 0.1) is 0 Å². The molecule has 6 saturated carbocycles. The van der Waals surface area contributed by atoms with Gasteiger partial charge in [0.25, 0.3) is 0 Å². The summed E-state index contributed by atoms with van der Waals surface area (Å²) in [5.41, 5.74) is 6.73. The van der Waals surface area contributed by atoms with Crippen molar-refractivity contribution >= 4 is 0 Å². The van der Waals surface area contributed by atoms with Crippen molar-refractivity contribution in [1.82, 2.24) is 0 Å². The monoisotopic (exact) mass is 801 g/mol. The highest BCUT2D eigenvalue weighted by Crippen LogP contribution is 2.63.